The van der Waals surface area contributed by atoms with E-state index in [-0.39, 0.29) is 0 Å². The second-order valence-corrected chi connectivity index (χ2v) is 5.07. The van der Waals surface area contributed by atoms with Gasteiger partial charge in [0.15, 0.2) is 0 Å². The summed E-state index contributed by atoms with van der Waals surface area (Å²) in [7, 11) is 0. The fourth-order valence-electron chi connectivity index (χ4n) is 1.78. The van der Waals surface area contributed by atoms with Crippen LogP contribution in [0.25, 0.3) is 0 Å². The molecule has 0 aromatic carbocycles. The Morgan fingerprint density at radius 1 is 1.58 bits per heavy atom. The molecule has 4 atom stereocenters. The van der Waals surface area contributed by atoms with E-state index < -0.39 is 40.6 Å². The molecule has 19 heavy (non-hydrogen) atoms. The molecule has 2 rings (SSSR count). The Bertz CT molecular complexity index is 601. The molecule has 0 saturated carbocycles. The lowest BCUT2D eigenvalue weighted by Crippen LogP contribution is -2.54. The molecule has 0 radical (unpaired) electrons. The van der Waals surface area contributed by atoms with E-state index >= 15 is 0 Å². The van der Waals surface area contributed by atoms with Gasteiger partial charge in [-0.1, -0.05) is 0 Å². The molecule has 1 aromatic rings. The average molecular weight is 341 g/mol. The average Bonchev–Trinajstić information content (AvgIpc) is 2.50. The summed E-state index contributed by atoms with van der Waals surface area (Å²) < 4.78 is 17.2. The fourth-order valence-corrected chi connectivity index (χ4v) is 2.54. The van der Waals surface area contributed by atoms with Crippen molar-refractivity contribution in [2.24, 2.45) is 0 Å². The SMILES string of the molecule is O=c1ccn([C@]2(Br)O[C@H](CO)[C@@H](O)[C@]2(O)F)c(=O)[nH]1. The summed E-state index contributed by atoms with van der Waals surface area (Å²) in [5.41, 5.74) is -1.79. The zero-order valence-electron chi connectivity index (χ0n) is 9.29. The number of H-pyrrole nitrogens is 1. The molecule has 106 valence electrons. The van der Waals surface area contributed by atoms with E-state index in [1.165, 1.54) is 0 Å². The number of hydrogen-bond donors (Lipinski definition) is 4. The predicted molar refractivity (Wildman–Crippen MR) is 62.2 cm³/mol. The van der Waals surface area contributed by atoms with E-state index in [1.54, 1.807) is 0 Å². The van der Waals surface area contributed by atoms with Crippen LogP contribution in [-0.4, -0.2) is 49.5 Å². The van der Waals surface area contributed by atoms with Crippen LogP contribution in [0.15, 0.2) is 21.9 Å². The van der Waals surface area contributed by atoms with Gasteiger partial charge in [-0.25, -0.2) is 9.18 Å². The molecular formula is C9H10BrFN2O6. The van der Waals surface area contributed by atoms with Crippen LogP contribution in [-0.2, 0) is 9.37 Å². The number of aliphatic hydroxyl groups excluding tert-OH is 2. The summed E-state index contributed by atoms with van der Waals surface area (Å²) in [4.78, 5) is 24.4. The van der Waals surface area contributed by atoms with Crippen molar-refractivity contribution in [2.75, 3.05) is 6.61 Å². The van der Waals surface area contributed by atoms with Gasteiger partial charge in [0.05, 0.1) is 6.61 Å². The molecule has 0 unspecified atom stereocenters. The van der Waals surface area contributed by atoms with Crippen molar-refractivity contribution in [1.29, 1.82) is 0 Å². The van der Waals surface area contributed by atoms with E-state index in [2.05, 4.69) is 15.9 Å². The molecule has 0 bridgehead atoms. The molecule has 1 aromatic heterocycles. The minimum atomic E-state index is -3.40. The van der Waals surface area contributed by atoms with Gasteiger partial charge >= 0.3 is 5.69 Å². The second kappa shape index (κ2) is 4.49. The van der Waals surface area contributed by atoms with Gasteiger partial charge in [-0.15, -0.1) is 0 Å². The third-order valence-corrected chi connectivity index (χ3v) is 3.92. The summed E-state index contributed by atoms with van der Waals surface area (Å²) in [6.45, 7) is -0.779. The lowest BCUT2D eigenvalue weighted by Gasteiger charge is -2.31. The first-order valence-electron chi connectivity index (χ1n) is 5.13. The van der Waals surface area contributed by atoms with Gasteiger partial charge in [-0.05, 0) is 15.9 Å². The summed E-state index contributed by atoms with van der Waals surface area (Å²) in [6, 6.07) is 0.905. The molecule has 0 aliphatic carbocycles. The number of alkyl halides is 2. The van der Waals surface area contributed by atoms with Crippen LogP contribution < -0.4 is 11.2 Å². The number of aromatic nitrogens is 2. The van der Waals surface area contributed by atoms with Gasteiger partial charge in [0, 0.05) is 12.3 Å². The van der Waals surface area contributed by atoms with Crippen LogP contribution in [0, 0.1) is 0 Å². The molecule has 1 aliphatic rings. The highest BCUT2D eigenvalue weighted by Crippen LogP contribution is 2.48. The Kier molecular flexibility index (Phi) is 3.39. The maximum Gasteiger partial charge on any atom is 0.331 e. The molecule has 2 heterocycles. The Hall–Kier alpha value is -1.07. The number of hydrogen-bond acceptors (Lipinski definition) is 6. The zero-order valence-corrected chi connectivity index (χ0v) is 10.9. The highest BCUT2D eigenvalue weighted by atomic mass is 79.9. The highest BCUT2D eigenvalue weighted by Gasteiger charge is 2.67. The van der Waals surface area contributed by atoms with E-state index in [1.807, 2.05) is 4.98 Å². The monoisotopic (exact) mass is 340 g/mol. The van der Waals surface area contributed by atoms with Crippen LogP contribution in [0.5, 0.6) is 0 Å². The number of ether oxygens (including phenoxy) is 1. The van der Waals surface area contributed by atoms with E-state index in [0.717, 1.165) is 12.3 Å². The standard InChI is InChI=1S/C9H10BrFN2O6/c10-9(13-2-1-5(15)12-7(13)17)8(11,18)6(16)4(3-14)19-9/h1-2,4,6,14,16,18H,3H2,(H,12,15,17)/t4-,6-,8-,9+/m1/s1. The lowest BCUT2D eigenvalue weighted by atomic mass is 10.1. The third kappa shape index (κ3) is 1.96. The molecule has 8 nitrogen and oxygen atoms in total. The van der Waals surface area contributed by atoms with Crippen molar-refractivity contribution in [3.05, 3.63) is 33.1 Å². The van der Waals surface area contributed by atoms with Gasteiger partial charge in [0.2, 0.25) is 0 Å². The first-order valence-corrected chi connectivity index (χ1v) is 5.92. The largest absolute Gasteiger partial charge is 0.394 e. The Morgan fingerprint density at radius 3 is 2.68 bits per heavy atom. The van der Waals surface area contributed by atoms with Crippen molar-refractivity contribution in [2.45, 2.75) is 22.7 Å². The van der Waals surface area contributed by atoms with Gasteiger partial charge in [-0.2, -0.15) is 0 Å². The van der Waals surface area contributed by atoms with Crippen LogP contribution in [0.1, 0.15) is 0 Å². The third-order valence-electron chi connectivity index (χ3n) is 2.80. The quantitative estimate of drug-likeness (QED) is 0.459. The zero-order chi connectivity index (χ0) is 14.4. The number of halogens is 2. The summed E-state index contributed by atoms with van der Waals surface area (Å²) >= 11 is 2.70. The van der Waals surface area contributed by atoms with Crippen LogP contribution in [0.4, 0.5) is 4.39 Å². The minimum Gasteiger partial charge on any atom is -0.394 e. The summed E-state index contributed by atoms with van der Waals surface area (Å²) in [5, 5.41) is 28.1. The summed E-state index contributed by atoms with van der Waals surface area (Å²) in [6.07, 6.45) is -2.66. The Morgan fingerprint density at radius 2 is 2.21 bits per heavy atom. The Balaban J connectivity index is 2.59. The van der Waals surface area contributed by atoms with Gasteiger partial charge in [0.25, 0.3) is 16.0 Å². The van der Waals surface area contributed by atoms with E-state index in [9.17, 15) is 24.2 Å². The highest BCUT2D eigenvalue weighted by molar-refractivity contribution is 9.09. The first-order chi connectivity index (χ1) is 8.74. The van der Waals surface area contributed by atoms with Gasteiger partial charge in [-0.3, -0.25) is 14.3 Å². The molecule has 1 aliphatic heterocycles. The predicted octanol–water partition coefficient (Wildman–Crippen LogP) is -2.05. The van der Waals surface area contributed by atoms with Gasteiger partial charge < -0.3 is 20.1 Å². The maximum atomic E-state index is 14.2. The molecule has 1 fully saturated rings. The van der Waals surface area contributed by atoms with Crippen LogP contribution >= 0.6 is 15.9 Å². The van der Waals surface area contributed by atoms with Crippen molar-refractivity contribution in [3.63, 3.8) is 0 Å². The van der Waals surface area contributed by atoms with E-state index in [0.29, 0.717) is 4.57 Å². The summed E-state index contributed by atoms with van der Waals surface area (Å²) in [5.74, 6) is -3.40. The van der Waals surface area contributed by atoms with Crippen LogP contribution in [0.3, 0.4) is 0 Å². The van der Waals surface area contributed by atoms with Crippen LogP contribution in [0.2, 0.25) is 0 Å². The van der Waals surface area contributed by atoms with Crippen molar-refractivity contribution in [3.8, 4) is 0 Å². The van der Waals surface area contributed by atoms with Crippen molar-refractivity contribution < 1.29 is 24.4 Å². The molecule has 10 heteroatoms. The number of aliphatic hydroxyl groups is 3. The maximum absolute atomic E-state index is 14.2. The van der Waals surface area contributed by atoms with Crippen molar-refractivity contribution >= 4 is 15.9 Å². The fraction of sp³-hybridized carbons (Fsp3) is 0.556. The molecule has 0 amide bonds. The minimum absolute atomic E-state index is 0.521. The number of rotatable bonds is 2. The molecule has 1 saturated heterocycles. The number of nitrogens with zero attached hydrogens (tertiary/aromatic N) is 1. The topological polar surface area (TPSA) is 125 Å². The molecule has 4 N–H and O–H groups in total. The van der Waals surface area contributed by atoms with Gasteiger partial charge in [0.1, 0.15) is 12.2 Å². The van der Waals surface area contributed by atoms with Crippen molar-refractivity contribution in [1.82, 2.24) is 9.55 Å². The van der Waals surface area contributed by atoms with E-state index in [4.69, 9.17) is 9.84 Å². The molecule has 0 spiro atoms. The number of nitrogens with one attached hydrogen (secondary N) is 1. The first kappa shape index (κ1) is 14.3. The molecular weight excluding hydrogens is 331 g/mol. The normalized spacial score (nSPS) is 38.6. The Labute approximate surface area is 113 Å². The second-order valence-electron chi connectivity index (χ2n) is 4.00. The number of aromatic amines is 1. The lowest BCUT2D eigenvalue weighted by molar-refractivity contribution is -0.211. The smallest absolute Gasteiger partial charge is 0.331 e.